The van der Waals surface area contributed by atoms with E-state index in [0.717, 1.165) is 32.1 Å². The first kappa shape index (κ1) is 16.5. The molecule has 1 aliphatic rings. The van der Waals surface area contributed by atoms with Gasteiger partial charge in [0.15, 0.2) is 0 Å². The zero-order chi connectivity index (χ0) is 15.2. The Morgan fingerprint density at radius 2 is 2.05 bits per heavy atom. The van der Waals surface area contributed by atoms with Crippen molar-refractivity contribution < 1.29 is 19.4 Å². The maximum atomic E-state index is 11.7. The lowest BCUT2D eigenvalue weighted by atomic mass is 9.91. The molecule has 1 aliphatic carbocycles. The lowest BCUT2D eigenvalue weighted by Gasteiger charge is -2.24. The highest BCUT2D eigenvalue weighted by molar-refractivity contribution is 5.80. The Kier molecular flexibility index (Phi) is 6.05. The van der Waals surface area contributed by atoms with E-state index in [1.54, 1.807) is 6.08 Å². The normalized spacial score (nSPS) is 17.5. The molecule has 0 aromatic rings. The van der Waals surface area contributed by atoms with Gasteiger partial charge in [-0.1, -0.05) is 32.8 Å². The van der Waals surface area contributed by atoms with E-state index in [1.807, 2.05) is 13.8 Å². The molecule has 0 aromatic carbocycles. The van der Waals surface area contributed by atoms with Crippen LogP contribution in [-0.2, 0) is 9.53 Å². The molecule has 0 bridgehead atoms. The first-order valence-electron chi connectivity index (χ1n) is 7.13. The van der Waals surface area contributed by atoms with Gasteiger partial charge >= 0.3 is 12.1 Å². The minimum absolute atomic E-state index is 0.0150. The zero-order valence-electron chi connectivity index (χ0n) is 12.4. The SMILES string of the molecule is C=CCC(C)(C)COC(=O)NC(C(=O)O)C1CCCC1. The Balaban J connectivity index is 2.46. The van der Waals surface area contributed by atoms with Crippen molar-refractivity contribution in [3.05, 3.63) is 12.7 Å². The van der Waals surface area contributed by atoms with Gasteiger partial charge in [0.05, 0.1) is 6.61 Å². The second kappa shape index (κ2) is 7.31. The van der Waals surface area contributed by atoms with Crippen LogP contribution < -0.4 is 5.32 Å². The van der Waals surface area contributed by atoms with Crippen LogP contribution in [0, 0.1) is 11.3 Å². The van der Waals surface area contributed by atoms with E-state index in [2.05, 4.69) is 11.9 Å². The van der Waals surface area contributed by atoms with Crippen LogP contribution in [0.3, 0.4) is 0 Å². The monoisotopic (exact) mass is 283 g/mol. The second-order valence-corrected chi connectivity index (χ2v) is 6.24. The minimum atomic E-state index is -0.987. The molecule has 20 heavy (non-hydrogen) atoms. The summed E-state index contributed by atoms with van der Waals surface area (Å²) >= 11 is 0. The molecule has 1 rings (SSSR count). The van der Waals surface area contributed by atoms with Crippen molar-refractivity contribution in [2.75, 3.05) is 6.61 Å². The molecule has 1 saturated carbocycles. The van der Waals surface area contributed by atoms with Crippen LogP contribution in [0.1, 0.15) is 46.0 Å². The number of carboxylic acids is 1. The van der Waals surface area contributed by atoms with Gasteiger partial charge in [0.25, 0.3) is 0 Å². The molecular weight excluding hydrogens is 258 g/mol. The number of ether oxygens (including phenoxy) is 1. The third-order valence-electron chi connectivity index (χ3n) is 3.70. The molecule has 114 valence electrons. The maximum absolute atomic E-state index is 11.7. The van der Waals surface area contributed by atoms with E-state index in [0.29, 0.717) is 0 Å². The van der Waals surface area contributed by atoms with E-state index in [1.165, 1.54) is 0 Å². The third kappa shape index (κ3) is 5.23. The van der Waals surface area contributed by atoms with Crippen molar-refractivity contribution in [2.24, 2.45) is 11.3 Å². The molecule has 0 aliphatic heterocycles. The second-order valence-electron chi connectivity index (χ2n) is 6.24. The van der Waals surface area contributed by atoms with Crippen molar-refractivity contribution in [3.8, 4) is 0 Å². The fourth-order valence-corrected chi connectivity index (χ4v) is 2.55. The lowest BCUT2D eigenvalue weighted by molar-refractivity contribution is -0.140. The molecule has 5 heteroatoms. The van der Waals surface area contributed by atoms with E-state index in [9.17, 15) is 14.7 Å². The lowest BCUT2D eigenvalue weighted by Crippen LogP contribution is -2.46. The molecule has 2 N–H and O–H groups in total. The molecule has 0 saturated heterocycles. The molecular formula is C15H25NO4. The number of aliphatic carboxylic acids is 1. The Labute approximate surface area is 120 Å². The van der Waals surface area contributed by atoms with Crippen molar-refractivity contribution in [2.45, 2.75) is 52.0 Å². The van der Waals surface area contributed by atoms with E-state index < -0.39 is 18.1 Å². The number of carbonyl (C=O) groups excluding carboxylic acids is 1. The molecule has 1 amide bonds. The number of amides is 1. The largest absolute Gasteiger partial charge is 0.480 e. The van der Waals surface area contributed by atoms with Crippen molar-refractivity contribution in [1.29, 1.82) is 0 Å². The van der Waals surface area contributed by atoms with Crippen LogP contribution >= 0.6 is 0 Å². The van der Waals surface area contributed by atoms with Crippen molar-refractivity contribution >= 4 is 12.1 Å². The van der Waals surface area contributed by atoms with Gasteiger partial charge in [-0.05, 0) is 25.2 Å². The van der Waals surface area contributed by atoms with Crippen molar-refractivity contribution in [3.63, 3.8) is 0 Å². The Morgan fingerprint density at radius 3 is 2.55 bits per heavy atom. The molecule has 0 heterocycles. The minimum Gasteiger partial charge on any atom is -0.480 e. The summed E-state index contributed by atoms with van der Waals surface area (Å²) in [5.41, 5.74) is -0.189. The van der Waals surface area contributed by atoms with Gasteiger partial charge in [0.1, 0.15) is 6.04 Å². The van der Waals surface area contributed by atoms with Crippen LogP contribution in [0.25, 0.3) is 0 Å². The number of carboxylic acid groups (broad SMARTS) is 1. The van der Waals surface area contributed by atoms with Gasteiger partial charge in [-0.3, -0.25) is 0 Å². The number of hydrogen-bond acceptors (Lipinski definition) is 3. The molecule has 0 spiro atoms. The summed E-state index contributed by atoms with van der Waals surface area (Å²) in [6, 6.07) is -0.840. The maximum Gasteiger partial charge on any atom is 0.407 e. The average molecular weight is 283 g/mol. The molecule has 0 aromatic heterocycles. The smallest absolute Gasteiger partial charge is 0.407 e. The summed E-state index contributed by atoms with van der Waals surface area (Å²) in [5.74, 6) is -0.972. The van der Waals surface area contributed by atoms with Crippen LogP contribution in [0.2, 0.25) is 0 Å². The Hall–Kier alpha value is -1.52. The highest BCUT2D eigenvalue weighted by Gasteiger charge is 2.32. The van der Waals surface area contributed by atoms with Crippen LogP contribution in [0.4, 0.5) is 4.79 Å². The summed E-state index contributed by atoms with van der Waals surface area (Å²) in [7, 11) is 0. The first-order chi connectivity index (χ1) is 9.35. The van der Waals surface area contributed by atoms with E-state index >= 15 is 0 Å². The summed E-state index contributed by atoms with van der Waals surface area (Å²) in [6.07, 6.45) is 5.60. The first-order valence-corrected chi connectivity index (χ1v) is 7.13. The van der Waals surface area contributed by atoms with Crippen LogP contribution in [-0.4, -0.2) is 29.8 Å². The number of carbonyl (C=O) groups is 2. The van der Waals surface area contributed by atoms with E-state index in [-0.39, 0.29) is 17.9 Å². The van der Waals surface area contributed by atoms with Crippen molar-refractivity contribution in [1.82, 2.24) is 5.32 Å². The predicted octanol–water partition coefficient (Wildman–Crippen LogP) is 2.96. The summed E-state index contributed by atoms with van der Waals surface area (Å²) < 4.78 is 5.14. The fourth-order valence-electron chi connectivity index (χ4n) is 2.55. The summed E-state index contributed by atoms with van der Waals surface area (Å²) in [6.45, 7) is 7.83. The van der Waals surface area contributed by atoms with Gasteiger partial charge in [0, 0.05) is 5.41 Å². The molecule has 0 radical (unpaired) electrons. The summed E-state index contributed by atoms with van der Waals surface area (Å²) in [5, 5.41) is 11.7. The number of nitrogens with one attached hydrogen (secondary N) is 1. The van der Waals surface area contributed by atoms with Gasteiger partial charge in [0.2, 0.25) is 0 Å². The Bertz CT molecular complexity index is 359. The zero-order valence-corrected chi connectivity index (χ0v) is 12.4. The topological polar surface area (TPSA) is 75.6 Å². The predicted molar refractivity (Wildman–Crippen MR) is 76.5 cm³/mol. The third-order valence-corrected chi connectivity index (χ3v) is 3.70. The molecule has 5 nitrogen and oxygen atoms in total. The molecule has 1 fully saturated rings. The Morgan fingerprint density at radius 1 is 1.45 bits per heavy atom. The number of hydrogen-bond donors (Lipinski definition) is 2. The average Bonchev–Trinajstić information content (AvgIpc) is 2.86. The summed E-state index contributed by atoms with van der Waals surface area (Å²) in [4.78, 5) is 23.0. The highest BCUT2D eigenvalue weighted by atomic mass is 16.5. The van der Waals surface area contributed by atoms with Gasteiger partial charge in [-0.25, -0.2) is 9.59 Å². The number of allylic oxidation sites excluding steroid dienone is 1. The standard InChI is InChI=1S/C15H25NO4/c1-4-9-15(2,3)10-20-14(19)16-12(13(17)18)11-7-5-6-8-11/h4,11-12H,1,5-10H2,2-3H3,(H,16,19)(H,17,18). The fraction of sp³-hybridized carbons (Fsp3) is 0.733. The van der Waals surface area contributed by atoms with Crippen LogP contribution in [0.5, 0.6) is 0 Å². The van der Waals surface area contributed by atoms with Crippen LogP contribution in [0.15, 0.2) is 12.7 Å². The van der Waals surface area contributed by atoms with Gasteiger partial charge in [-0.2, -0.15) is 0 Å². The quantitative estimate of drug-likeness (QED) is 0.704. The highest BCUT2D eigenvalue weighted by Crippen LogP contribution is 2.28. The molecule has 1 atom stereocenters. The number of rotatable bonds is 7. The van der Waals surface area contributed by atoms with E-state index in [4.69, 9.17) is 4.74 Å². The molecule has 1 unspecified atom stereocenters. The van der Waals surface area contributed by atoms with Gasteiger partial charge in [-0.15, -0.1) is 6.58 Å². The number of alkyl carbamates (subject to hydrolysis) is 1. The van der Waals surface area contributed by atoms with Gasteiger partial charge < -0.3 is 15.2 Å².